The molecule has 4 rings (SSSR count). The molecule has 0 aliphatic carbocycles. The quantitative estimate of drug-likeness (QED) is 0.517. The second-order valence-electron chi connectivity index (χ2n) is 6.37. The number of ketones is 1. The third kappa shape index (κ3) is 4.77. The largest absolute Gasteiger partial charge is 0.467 e. The number of Topliss-reactive ketones (excluding diaryl/α,β-unsaturated/α-hetero) is 1. The minimum absolute atomic E-state index is 0.0158. The number of carbonyl (C=O) groups is 3. The van der Waals surface area contributed by atoms with Crippen LogP contribution in [0.4, 0.5) is 4.79 Å². The summed E-state index contributed by atoms with van der Waals surface area (Å²) in [5, 5.41) is 10.9. The first-order chi connectivity index (χ1) is 14.5. The van der Waals surface area contributed by atoms with E-state index >= 15 is 0 Å². The summed E-state index contributed by atoms with van der Waals surface area (Å²) in [7, 11) is 0. The number of nitrogens with one attached hydrogen (secondary N) is 1. The van der Waals surface area contributed by atoms with Gasteiger partial charge in [0, 0.05) is 17.0 Å². The second kappa shape index (κ2) is 9.07. The number of thioether (sulfide) groups is 2. The van der Waals surface area contributed by atoms with E-state index in [1.807, 2.05) is 0 Å². The van der Waals surface area contributed by atoms with Crippen LogP contribution in [0.25, 0.3) is 0 Å². The Kier molecular flexibility index (Phi) is 6.26. The van der Waals surface area contributed by atoms with Crippen molar-refractivity contribution in [1.82, 2.24) is 10.2 Å². The first kappa shape index (κ1) is 20.7. The van der Waals surface area contributed by atoms with Gasteiger partial charge in [0.05, 0.1) is 23.8 Å². The molecular weight excluding hydrogens is 448 g/mol. The van der Waals surface area contributed by atoms with Crippen LogP contribution in [-0.2, 0) is 11.3 Å². The number of carbonyl (C=O) groups excluding carboxylic acids is 3. The summed E-state index contributed by atoms with van der Waals surface area (Å²) in [6.07, 6.45) is 1.54. The molecule has 154 valence electrons. The van der Waals surface area contributed by atoms with E-state index in [9.17, 15) is 14.4 Å². The monoisotopic (exact) mass is 462 g/mol. The molecule has 0 bridgehead atoms. The van der Waals surface area contributed by atoms with E-state index in [0.29, 0.717) is 33.1 Å². The third-order valence-corrected chi connectivity index (χ3v) is 6.49. The zero-order chi connectivity index (χ0) is 21.1. The first-order valence-corrected chi connectivity index (χ1v) is 11.1. The van der Waals surface area contributed by atoms with Crippen LogP contribution < -0.4 is 5.32 Å². The maximum absolute atomic E-state index is 13.0. The van der Waals surface area contributed by atoms with E-state index in [4.69, 9.17) is 16.0 Å². The molecule has 11 heteroatoms. The minimum Gasteiger partial charge on any atom is -0.467 e. The van der Waals surface area contributed by atoms with Crippen LogP contribution in [0, 0.1) is 0 Å². The Morgan fingerprint density at radius 1 is 1.23 bits per heavy atom. The summed E-state index contributed by atoms with van der Waals surface area (Å²) in [4.78, 5) is 38.4. The van der Waals surface area contributed by atoms with Crippen LogP contribution in [0.2, 0.25) is 5.02 Å². The van der Waals surface area contributed by atoms with Gasteiger partial charge in [-0.1, -0.05) is 35.1 Å². The van der Waals surface area contributed by atoms with E-state index < -0.39 is 5.25 Å². The SMILES string of the molecule is O=C1N/C(=N/N=C2\S[C@@H](CC(=O)c3ccc(Cl)cc3)C(=O)N2Cc2ccco2)CS1. The van der Waals surface area contributed by atoms with Crippen molar-refractivity contribution < 1.29 is 18.8 Å². The van der Waals surface area contributed by atoms with Crippen LogP contribution in [0.15, 0.2) is 57.3 Å². The standard InChI is InChI=1S/C19H15ClN4O4S2/c20-12-5-3-11(4-6-12)14(25)8-15-17(26)24(9-13-2-1-7-28-13)18(30-15)23-22-16-10-29-19(27)21-16/h1-7,15H,8-10H2,(H,21,22,27)/b23-18-/t15-/m0/s1. The summed E-state index contributed by atoms with van der Waals surface area (Å²) in [5.41, 5.74) is 0.488. The molecule has 2 aromatic rings. The topological polar surface area (TPSA) is 104 Å². The molecule has 8 nitrogen and oxygen atoms in total. The maximum atomic E-state index is 13.0. The van der Waals surface area contributed by atoms with Gasteiger partial charge >= 0.3 is 0 Å². The molecule has 2 saturated heterocycles. The maximum Gasteiger partial charge on any atom is 0.284 e. The summed E-state index contributed by atoms with van der Waals surface area (Å²) in [6, 6.07) is 10.0. The fraction of sp³-hybridized carbons (Fsp3) is 0.211. The predicted molar refractivity (Wildman–Crippen MR) is 117 cm³/mol. The zero-order valence-electron chi connectivity index (χ0n) is 15.4. The van der Waals surface area contributed by atoms with Gasteiger partial charge < -0.3 is 9.73 Å². The lowest BCUT2D eigenvalue weighted by Gasteiger charge is -2.14. The van der Waals surface area contributed by atoms with Crippen LogP contribution in [0.3, 0.4) is 0 Å². The lowest BCUT2D eigenvalue weighted by molar-refractivity contribution is -0.126. The van der Waals surface area contributed by atoms with Crippen molar-refractivity contribution in [2.24, 2.45) is 10.2 Å². The summed E-state index contributed by atoms with van der Waals surface area (Å²) >= 11 is 8.14. The molecule has 0 radical (unpaired) electrons. The number of furan rings is 1. The van der Waals surface area contributed by atoms with Gasteiger partial charge in [-0.15, -0.1) is 10.2 Å². The number of amidine groups is 2. The van der Waals surface area contributed by atoms with Gasteiger partial charge in [-0.2, -0.15) is 0 Å². The molecular formula is C19H15ClN4O4S2. The molecule has 1 atom stereocenters. The van der Waals surface area contributed by atoms with E-state index in [1.165, 1.54) is 22.9 Å². The Morgan fingerprint density at radius 3 is 2.70 bits per heavy atom. The van der Waals surface area contributed by atoms with Crippen molar-refractivity contribution in [3.8, 4) is 0 Å². The molecule has 2 amide bonds. The van der Waals surface area contributed by atoms with E-state index in [1.54, 1.807) is 36.4 Å². The number of nitrogens with zero attached hydrogens (tertiary/aromatic N) is 3. The fourth-order valence-corrected chi connectivity index (χ4v) is 4.62. The molecule has 1 aromatic carbocycles. The van der Waals surface area contributed by atoms with Crippen LogP contribution in [0.1, 0.15) is 22.5 Å². The Hall–Kier alpha value is -2.56. The van der Waals surface area contributed by atoms with Crippen molar-refractivity contribution in [3.63, 3.8) is 0 Å². The second-order valence-corrected chi connectivity index (χ2v) is 8.93. The van der Waals surface area contributed by atoms with E-state index in [-0.39, 0.29) is 29.9 Å². The third-order valence-electron chi connectivity index (χ3n) is 4.29. The molecule has 0 saturated carbocycles. The summed E-state index contributed by atoms with van der Waals surface area (Å²) < 4.78 is 5.35. The molecule has 1 aromatic heterocycles. The van der Waals surface area contributed by atoms with Gasteiger partial charge in [-0.3, -0.25) is 19.3 Å². The molecule has 2 fully saturated rings. The molecule has 0 spiro atoms. The van der Waals surface area contributed by atoms with Crippen LogP contribution >= 0.6 is 35.1 Å². The van der Waals surface area contributed by atoms with Gasteiger partial charge in [0.25, 0.3) is 5.24 Å². The zero-order valence-corrected chi connectivity index (χ0v) is 17.8. The average Bonchev–Trinajstić information content (AvgIpc) is 3.45. The number of amides is 2. The van der Waals surface area contributed by atoms with Crippen LogP contribution in [-0.4, -0.2) is 43.8 Å². The molecule has 3 heterocycles. The fourth-order valence-electron chi connectivity index (χ4n) is 2.82. The number of rotatable bonds is 6. The molecule has 0 unspecified atom stereocenters. The van der Waals surface area contributed by atoms with Crippen molar-refractivity contribution in [2.75, 3.05) is 5.75 Å². The Labute approximate surface area is 185 Å². The molecule has 2 aliphatic rings. The number of hydrogen-bond acceptors (Lipinski definition) is 8. The van der Waals surface area contributed by atoms with E-state index in [0.717, 1.165) is 11.8 Å². The summed E-state index contributed by atoms with van der Waals surface area (Å²) in [6.45, 7) is 0.176. The van der Waals surface area contributed by atoms with Gasteiger partial charge in [0.2, 0.25) is 5.91 Å². The highest BCUT2D eigenvalue weighted by Crippen LogP contribution is 2.32. The molecule has 30 heavy (non-hydrogen) atoms. The lowest BCUT2D eigenvalue weighted by Crippen LogP contribution is -2.32. The van der Waals surface area contributed by atoms with Gasteiger partial charge in [-0.05, 0) is 36.4 Å². The van der Waals surface area contributed by atoms with Crippen molar-refractivity contribution in [2.45, 2.75) is 18.2 Å². The Bertz CT molecular complexity index is 1040. The normalized spacial score (nSPS) is 21.6. The first-order valence-electron chi connectivity index (χ1n) is 8.87. The van der Waals surface area contributed by atoms with Crippen molar-refractivity contribution >= 4 is 63.1 Å². The minimum atomic E-state index is -0.630. The number of benzene rings is 1. The van der Waals surface area contributed by atoms with Gasteiger partial charge in [0.15, 0.2) is 11.0 Å². The number of hydrogen-bond donors (Lipinski definition) is 1. The van der Waals surface area contributed by atoms with Gasteiger partial charge in [-0.25, -0.2) is 0 Å². The van der Waals surface area contributed by atoms with Crippen molar-refractivity contribution in [1.29, 1.82) is 0 Å². The molecule has 1 N–H and O–H groups in total. The van der Waals surface area contributed by atoms with Gasteiger partial charge in [0.1, 0.15) is 11.6 Å². The smallest absolute Gasteiger partial charge is 0.284 e. The highest BCUT2D eigenvalue weighted by molar-refractivity contribution is 8.15. The lowest BCUT2D eigenvalue weighted by atomic mass is 10.1. The summed E-state index contributed by atoms with van der Waals surface area (Å²) in [5.74, 6) is 0.984. The van der Waals surface area contributed by atoms with Crippen molar-refractivity contribution in [3.05, 3.63) is 59.0 Å². The highest BCUT2D eigenvalue weighted by atomic mass is 35.5. The molecule has 2 aliphatic heterocycles. The Balaban J connectivity index is 1.53. The predicted octanol–water partition coefficient (Wildman–Crippen LogP) is 3.78. The average molecular weight is 463 g/mol. The number of halogens is 1. The Morgan fingerprint density at radius 2 is 2.03 bits per heavy atom. The highest BCUT2D eigenvalue weighted by Gasteiger charge is 2.40. The van der Waals surface area contributed by atoms with Crippen LogP contribution in [0.5, 0.6) is 0 Å². The van der Waals surface area contributed by atoms with E-state index in [2.05, 4.69) is 15.5 Å².